The van der Waals surface area contributed by atoms with E-state index < -0.39 is 49.5 Å². The number of rotatable bonds is 54. The number of allylic oxidation sites excluding steroid dienone is 3. The minimum absolute atomic E-state index is 0.180. The number of carbonyl (C=O) groups excluding carboxylic acids is 1. The third kappa shape index (κ3) is 41.6. The number of aliphatic hydroxyl groups excluding tert-OH is 5. The fraction of sp³-hybridized carbons (Fsp3) is 0.919. The fourth-order valence-electron chi connectivity index (χ4n) is 10.1. The van der Waals surface area contributed by atoms with Crippen LogP contribution < -0.4 is 5.32 Å². The lowest BCUT2D eigenvalue weighted by atomic mass is 9.99. The van der Waals surface area contributed by atoms with Crippen molar-refractivity contribution in [1.29, 1.82) is 0 Å². The van der Waals surface area contributed by atoms with E-state index in [4.69, 9.17) is 9.47 Å². The lowest BCUT2D eigenvalue weighted by Crippen LogP contribution is -2.60. The number of hydrogen-bond acceptors (Lipinski definition) is 8. The van der Waals surface area contributed by atoms with Gasteiger partial charge in [-0.3, -0.25) is 4.79 Å². The molecule has 9 heteroatoms. The molecule has 71 heavy (non-hydrogen) atoms. The minimum atomic E-state index is -1.57. The molecule has 0 aromatic rings. The van der Waals surface area contributed by atoms with Gasteiger partial charge in [0.2, 0.25) is 5.91 Å². The van der Waals surface area contributed by atoms with E-state index in [0.717, 1.165) is 38.5 Å². The van der Waals surface area contributed by atoms with E-state index in [1.165, 1.54) is 250 Å². The maximum Gasteiger partial charge on any atom is 0.220 e. The summed E-state index contributed by atoms with van der Waals surface area (Å²) in [5.41, 5.74) is 0. The maximum absolute atomic E-state index is 13.1. The van der Waals surface area contributed by atoms with Crippen molar-refractivity contribution in [2.24, 2.45) is 0 Å². The number of carbonyl (C=O) groups is 1. The normalized spacial score (nSPS) is 19.3. The first-order valence-corrected chi connectivity index (χ1v) is 31.1. The summed E-state index contributed by atoms with van der Waals surface area (Å²) >= 11 is 0. The number of hydrogen-bond donors (Lipinski definition) is 6. The number of unbranched alkanes of at least 4 members (excludes halogenated alkanes) is 42. The topological polar surface area (TPSA) is 149 Å². The Bertz CT molecular complexity index is 1170. The van der Waals surface area contributed by atoms with Gasteiger partial charge in [0.05, 0.1) is 25.4 Å². The molecule has 0 bridgehead atoms. The fourth-order valence-corrected chi connectivity index (χ4v) is 10.1. The summed E-state index contributed by atoms with van der Waals surface area (Å²) in [6.07, 6.45) is 59.8. The molecule has 0 aromatic heterocycles. The summed E-state index contributed by atoms with van der Waals surface area (Å²) in [6.45, 7) is 3.81. The first-order chi connectivity index (χ1) is 34.8. The van der Waals surface area contributed by atoms with E-state index in [1.54, 1.807) is 6.08 Å². The van der Waals surface area contributed by atoms with Crippen LogP contribution in [-0.2, 0) is 14.3 Å². The van der Waals surface area contributed by atoms with Crippen LogP contribution in [0.1, 0.15) is 309 Å². The average Bonchev–Trinajstić information content (AvgIpc) is 3.37. The van der Waals surface area contributed by atoms with Gasteiger partial charge in [-0.25, -0.2) is 0 Å². The van der Waals surface area contributed by atoms with Crippen molar-refractivity contribution in [3.63, 3.8) is 0 Å². The van der Waals surface area contributed by atoms with Crippen molar-refractivity contribution in [3.8, 4) is 0 Å². The van der Waals surface area contributed by atoms with Crippen LogP contribution in [0.2, 0.25) is 0 Å². The summed E-state index contributed by atoms with van der Waals surface area (Å²) in [6, 6.07) is -0.819. The van der Waals surface area contributed by atoms with Crippen LogP contribution in [0.3, 0.4) is 0 Å². The molecule has 0 spiro atoms. The van der Waals surface area contributed by atoms with Crippen molar-refractivity contribution in [2.45, 2.75) is 352 Å². The third-order valence-electron chi connectivity index (χ3n) is 15.0. The van der Waals surface area contributed by atoms with Crippen LogP contribution in [0.4, 0.5) is 0 Å². The van der Waals surface area contributed by atoms with Crippen LogP contribution in [0.5, 0.6) is 0 Å². The molecule has 0 aromatic carbocycles. The molecule has 1 fully saturated rings. The standard InChI is InChI=1S/C62H119NO8/c1-3-5-7-9-11-13-15-17-19-21-23-25-26-27-28-29-30-31-32-33-35-37-39-41-43-45-47-49-51-56(65)55(54-70-62-61(69)60(68)59(67)57(53-64)71-62)63-58(66)52-50-48-46-44-42-40-38-36-34-24-22-20-18-16-14-12-10-8-6-4-2/h41,43,49,51,55-57,59-62,64-65,67-69H,3-40,42,44-48,50,52-54H2,1-2H3,(H,63,66)/b43-41+,51-49+. The zero-order valence-corrected chi connectivity index (χ0v) is 46.8. The van der Waals surface area contributed by atoms with Gasteiger partial charge in [0.1, 0.15) is 24.4 Å². The molecule has 9 nitrogen and oxygen atoms in total. The maximum atomic E-state index is 13.1. The zero-order chi connectivity index (χ0) is 51.5. The third-order valence-corrected chi connectivity index (χ3v) is 15.0. The molecular weight excluding hydrogens is 887 g/mol. The van der Waals surface area contributed by atoms with Crippen molar-refractivity contribution in [3.05, 3.63) is 24.3 Å². The van der Waals surface area contributed by atoms with E-state index in [1.807, 2.05) is 6.08 Å². The predicted molar refractivity (Wildman–Crippen MR) is 300 cm³/mol. The van der Waals surface area contributed by atoms with Gasteiger partial charge in [-0.1, -0.05) is 295 Å². The number of amides is 1. The van der Waals surface area contributed by atoms with Crippen LogP contribution in [-0.4, -0.2) is 87.5 Å². The van der Waals surface area contributed by atoms with Crippen LogP contribution in [0.15, 0.2) is 24.3 Å². The van der Waals surface area contributed by atoms with Gasteiger partial charge in [0.25, 0.3) is 0 Å². The highest BCUT2D eigenvalue weighted by atomic mass is 16.7. The first kappa shape index (κ1) is 67.7. The van der Waals surface area contributed by atoms with Gasteiger partial charge in [-0.2, -0.15) is 0 Å². The van der Waals surface area contributed by atoms with Gasteiger partial charge in [-0.15, -0.1) is 0 Å². The van der Waals surface area contributed by atoms with E-state index in [2.05, 4.69) is 31.3 Å². The summed E-state index contributed by atoms with van der Waals surface area (Å²) in [7, 11) is 0. The molecule has 1 heterocycles. The van der Waals surface area contributed by atoms with Crippen LogP contribution in [0, 0.1) is 0 Å². The highest BCUT2D eigenvalue weighted by molar-refractivity contribution is 5.76. The Morgan fingerprint density at radius 1 is 0.465 bits per heavy atom. The van der Waals surface area contributed by atoms with E-state index in [-0.39, 0.29) is 12.5 Å². The molecule has 0 saturated carbocycles. The van der Waals surface area contributed by atoms with Gasteiger partial charge >= 0.3 is 0 Å². The summed E-state index contributed by atoms with van der Waals surface area (Å²) in [5, 5.41) is 54.6. The second kappa shape index (κ2) is 52.1. The Morgan fingerprint density at radius 2 is 0.803 bits per heavy atom. The summed E-state index contributed by atoms with van der Waals surface area (Å²) in [4.78, 5) is 13.1. The molecule has 1 rings (SSSR count). The van der Waals surface area contributed by atoms with Gasteiger partial charge in [0, 0.05) is 6.42 Å². The van der Waals surface area contributed by atoms with Gasteiger partial charge < -0.3 is 40.3 Å². The molecular formula is C62H119NO8. The molecule has 7 atom stereocenters. The van der Waals surface area contributed by atoms with E-state index in [9.17, 15) is 30.3 Å². The van der Waals surface area contributed by atoms with Crippen LogP contribution >= 0.6 is 0 Å². The number of aliphatic hydroxyl groups is 5. The van der Waals surface area contributed by atoms with Gasteiger partial charge in [0.15, 0.2) is 6.29 Å². The molecule has 0 aliphatic carbocycles. The number of ether oxygens (including phenoxy) is 2. The second-order valence-corrected chi connectivity index (χ2v) is 21.9. The smallest absolute Gasteiger partial charge is 0.220 e. The van der Waals surface area contributed by atoms with E-state index in [0.29, 0.717) is 6.42 Å². The lowest BCUT2D eigenvalue weighted by molar-refractivity contribution is -0.302. The van der Waals surface area contributed by atoms with Crippen molar-refractivity contribution >= 4 is 5.91 Å². The van der Waals surface area contributed by atoms with Gasteiger partial charge in [-0.05, 0) is 32.1 Å². The molecule has 0 radical (unpaired) electrons. The van der Waals surface area contributed by atoms with Crippen LogP contribution in [0.25, 0.3) is 0 Å². The molecule has 1 aliphatic rings. The predicted octanol–water partition coefficient (Wildman–Crippen LogP) is 15.7. The SMILES string of the molecule is CCCCCCCCCCCCCCCCCCCCCCCC/C=C/CC/C=C/C(O)C(COC1OC(CO)C(O)C(O)C1O)NC(=O)CCCCCCCCCCCCCCCCCCCCCC. The van der Waals surface area contributed by atoms with E-state index >= 15 is 0 Å². The number of nitrogens with one attached hydrogen (secondary N) is 1. The second-order valence-electron chi connectivity index (χ2n) is 21.9. The summed E-state index contributed by atoms with van der Waals surface area (Å²) < 4.78 is 11.3. The lowest BCUT2D eigenvalue weighted by Gasteiger charge is -2.40. The minimum Gasteiger partial charge on any atom is -0.394 e. The highest BCUT2D eigenvalue weighted by Crippen LogP contribution is 2.23. The average molecular weight is 1010 g/mol. The molecule has 6 N–H and O–H groups in total. The molecule has 7 unspecified atom stereocenters. The quantitative estimate of drug-likeness (QED) is 0.0261. The molecule has 1 saturated heterocycles. The Kier molecular flexibility index (Phi) is 49.7. The monoisotopic (exact) mass is 1010 g/mol. The van der Waals surface area contributed by atoms with Crippen molar-refractivity contribution in [1.82, 2.24) is 5.32 Å². The molecule has 420 valence electrons. The van der Waals surface area contributed by atoms with Crippen molar-refractivity contribution < 1.29 is 39.8 Å². The first-order valence-electron chi connectivity index (χ1n) is 31.1. The largest absolute Gasteiger partial charge is 0.394 e. The van der Waals surface area contributed by atoms with Crippen molar-refractivity contribution in [2.75, 3.05) is 13.2 Å². The molecule has 1 amide bonds. The highest BCUT2D eigenvalue weighted by Gasteiger charge is 2.44. The summed E-state index contributed by atoms with van der Waals surface area (Å²) in [5.74, 6) is -0.180. The Labute approximate surface area is 439 Å². The Hall–Kier alpha value is -1.33. The Morgan fingerprint density at radius 3 is 1.18 bits per heavy atom. The zero-order valence-electron chi connectivity index (χ0n) is 46.8. The molecule has 1 aliphatic heterocycles. The Balaban J connectivity index is 2.20.